The number of halogens is 3. The molecule has 4 aromatic rings. The van der Waals surface area contributed by atoms with Crippen LogP contribution in [0, 0.1) is 6.92 Å². The largest absolute Gasteiger partial charge is 0.377 e. The molecule has 0 atom stereocenters. The number of thiazole rings is 1. The highest BCUT2D eigenvalue weighted by atomic mass is 35.5. The highest BCUT2D eigenvalue weighted by molar-refractivity contribution is 7.19. The molecule has 2 aromatic carbocycles. The van der Waals surface area contributed by atoms with E-state index in [9.17, 15) is 4.79 Å². The van der Waals surface area contributed by atoms with Crippen molar-refractivity contribution in [3.8, 4) is 11.4 Å². The van der Waals surface area contributed by atoms with Crippen LogP contribution in [0.5, 0.6) is 0 Å². The van der Waals surface area contributed by atoms with Gasteiger partial charge < -0.3 is 4.84 Å². The molecule has 0 saturated heterocycles. The van der Waals surface area contributed by atoms with Crippen LogP contribution in [0.3, 0.4) is 0 Å². The summed E-state index contributed by atoms with van der Waals surface area (Å²) in [5.74, 6) is -0.0551. The van der Waals surface area contributed by atoms with Gasteiger partial charge in [0.2, 0.25) is 4.96 Å². The standard InChI is InChI=1S/C19H11Cl3N4O2S/c1-10-16(18(27)28-23-9-12-4-7-14(21)8-15(12)22)29-19-24-17(25-26(10)19)11-2-5-13(20)6-3-11/h2-9H,1H3. The summed E-state index contributed by atoms with van der Waals surface area (Å²) in [6.45, 7) is 1.76. The van der Waals surface area contributed by atoms with Crippen LogP contribution < -0.4 is 0 Å². The van der Waals surface area contributed by atoms with Gasteiger partial charge in [-0.1, -0.05) is 57.4 Å². The first-order valence-corrected chi connectivity index (χ1v) is 10.2. The van der Waals surface area contributed by atoms with Crippen LogP contribution in [-0.4, -0.2) is 26.8 Å². The Kier molecular flexibility index (Phi) is 5.56. The fraction of sp³-hybridized carbons (Fsp3) is 0.0526. The Hall–Kier alpha value is -2.45. The van der Waals surface area contributed by atoms with Crippen molar-refractivity contribution in [1.29, 1.82) is 0 Å². The van der Waals surface area contributed by atoms with Crippen molar-refractivity contribution in [2.75, 3.05) is 0 Å². The molecule has 6 nitrogen and oxygen atoms in total. The van der Waals surface area contributed by atoms with E-state index in [1.54, 1.807) is 41.8 Å². The summed E-state index contributed by atoms with van der Waals surface area (Å²) in [6.07, 6.45) is 1.35. The average molecular weight is 466 g/mol. The van der Waals surface area contributed by atoms with Crippen LogP contribution in [-0.2, 0) is 4.84 Å². The summed E-state index contributed by atoms with van der Waals surface area (Å²) in [5, 5.41) is 9.73. The van der Waals surface area contributed by atoms with E-state index in [2.05, 4.69) is 15.2 Å². The van der Waals surface area contributed by atoms with E-state index in [1.165, 1.54) is 17.6 Å². The molecule has 0 spiro atoms. The van der Waals surface area contributed by atoms with Gasteiger partial charge in [0.05, 0.1) is 16.9 Å². The van der Waals surface area contributed by atoms with Crippen molar-refractivity contribution in [3.05, 3.63) is 73.7 Å². The third-order valence-corrected chi connectivity index (χ3v) is 5.92. The Morgan fingerprint density at radius 2 is 1.86 bits per heavy atom. The average Bonchev–Trinajstić information content (AvgIpc) is 3.24. The van der Waals surface area contributed by atoms with Gasteiger partial charge in [0, 0.05) is 21.2 Å². The molecule has 29 heavy (non-hydrogen) atoms. The van der Waals surface area contributed by atoms with Crippen LogP contribution in [0.15, 0.2) is 47.6 Å². The van der Waals surface area contributed by atoms with Crippen LogP contribution in [0.25, 0.3) is 16.3 Å². The summed E-state index contributed by atoms with van der Waals surface area (Å²) in [7, 11) is 0. The van der Waals surface area contributed by atoms with E-state index in [-0.39, 0.29) is 0 Å². The molecule has 0 aliphatic carbocycles. The number of carbonyl (C=O) groups is 1. The number of aryl methyl sites for hydroxylation is 1. The fourth-order valence-corrected chi connectivity index (χ4v) is 4.05. The highest BCUT2D eigenvalue weighted by Crippen LogP contribution is 2.26. The topological polar surface area (TPSA) is 68.8 Å². The molecule has 0 bridgehead atoms. The molecule has 0 N–H and O–H groups in total. The van der Waals surface area contributed by atoms with E-state index in [1.807, 2.05) is 12.1 Å². The van der Waals surface area contributed by atoms with Gasteiger partial charge in [-0.05, 0) is 43.3 Å². The summed E-state index contributed by atoms with van der Waals surface area (Å²) in [6, 6.07) is 12.1. The van der Waals surface area contributed by atoms with E-state index in [4.69, 9.17) is 39.6 Å². The number of nitrogens with zero attached hydrogens (tertiary/aromatic N) is 4. The smallest absolute Gasteiger partial charge is 0.312 e. The molecule has 4 rings (SSSR count). The Balaban J connectivity index is 1.53. The molecule has 0 saturated carbocycles. The summed E-state index contributed by atoms with van der Waals surface area (Å²) < 4.78 is 1.60. The predicted molar refractivity (Wildman–Crippen MR) is 116 cm³/mol. The third-order valence-electron chi connectivity index (χ3n) is 3.99. The number of oxime groups is 1. The summed E-state index contributed by atoms with van der Waals surface area (Å²) in [4.78, 5) is 22.8. The van der Waals surface area contributed by atoms with Gasteiger partial charge >= 0.3 is 5.97 Å². The molecule has 0 amide bonds. The fourth-order valence-electron chi connectivity index (χ4n) is 2.53. The lowest BCUT2D eigenvalue weighted by molar-refractivity contribution is 0.0523. The zero-order valence-corrected chi connectivity index (χ0v) is 17.9. The molecular formula is C19H11Cl3N4O2S. The molecule has 2 heterocycles. The quantitative estimate of drug-likeness (QED) is 0.213. The minimum absolute atomic E-state index is 0.363. The Bertz CT molecular complexity index is 1250. The van der Waals surface area contributed by atoms with E-state index < -0.39 is 5.97 Å². The van der Waals surface area contributed by atoms with E-state index in [0.717, 1.165) is 5.56 Å². The lowest BCUT2D eigenvalue weighted by Crippen LogP contribution is -2.02. The number of hydrogen-bond acceptors (Lipinski definition) is 6. The third kappa shape index (κ3) is 4.13. The first-order valence-electron chi connectivity index (χ1n) is 8.24. The van der Waals surface area contributed by atoms with Gasteiger partial charge in [-0.3, -0.25) is 0 Å². The molecule has 0 fully saturated rings. The zero-order valence-electron chi connectivity index (χ0n) is 14.8. The van der Waals surface area contributed by atoms with Gasteiger partial charge in [0.1, 0.15) is 4.88 Å². The van der Waals surface area contributed by atoms with Crippen LogP contribution in [0.4, 0.5) is 0 Å². The molecule has 2 aromatic heterocycles. The normalized spacial score (nSPS) is 11.4. The SMILES string of the molecule is Cc1c(C(=O)ON=Cc2ccc(Cl)cc2Cl)sc2nc(-c3ccc(Cl)cc3)nn12. The molecule has 0 radical (unpaired) electrons. The first-order chi connectivity index (χ1) is 13.9. The lowest BCUT2D eigenvalue weighted by Gasteiger charge is -1.99. The molecular weight excluding hydrogens is 455 g/mol. The molecule has 0 aliphatic heterocycles. The van der Waals surface area contributed by atoms with Crippen molar-refractivity contribution in [1.82, 2.24) is 14.6 Å². The number of hydrogen-bond donors (Lipinski definition) is 0. The van der Waals surface area contributed by atoms with Gasteiger partial charge in [0.25, 0.3) is 0 Å². The molecule has 146 valence electrons. The monoisotopic (exact) mass is 464 g/mol. The summed E-state index contributed by atoms with van der Waals surface area (Å²) >= 11 is 19.0. The zero-order chi connectivity index (χ0) is 20.5. The minimum atomic E-state index is -0.603. The van der Waals surface area contributed by atoms with Crippen molar-refractivity contribution in [3.63, 3.8) is 0 Å². The number of fused-ring (bicyclic) bond motifs is 1. The number of benzene rings is 2. The molecule has 0 aliphatic rings. The second kappa shape index (κ2) is 8.12. The minimum Gasteiger partial charge on any atom is -0.312 e. The summed E-state index contributed by atoms with van der Waals surface area (Å²) in [5.41, 5.74) is 2.02. The van der Waals surface area contributed by atoms with Crippen molar-refractivity contribution in [2.24, 2.45) is 5.16 Å². The van der Waals surface area contributed by atoms with Crippen LogP contribution in [0.1, 0.15) is 20.9 Å². The maximum absolute atomic E-state index is 12.4. The lowest BCUT2D eigenvalue weighted by atomic mass is 10.2. The number of carbonyl (C=O) groups excluding carboxylic acids is 1. The van der Waals surface area contributed by atoms with Gasteiger partial charge in [-0.25, -0.2) is 9.31 Å². The van der Waals surface area contributed by atoms with Crippen LogP contribution >= 0.6 is 46.1 Å². The van der Waals surface area contributed by atoms with Crippen molar-refractivity contribution >= 4 is 63.3 Å². The maximum atomic E-state index is 12.4. The number of rotatable bonds is 4. The predicted octanol–water partition coefficient (Wildman–Crippen LogP) is 5.92. The maximum Gasteiger partial charge on any atom is 0.377 e. The van der Waals surface area contributed by atoms with Crippen molar-refractivity contribution in [2.45, 2.75) is 6.92 Å². The molecule has 10 heteroatoms. The second-order valence-electron chi connectivity index (χ2n) is 5.93. The highest BCUT2D eigenvalue weighted by Gasteiger charge is 2.20. The van der Waals surface area contributed by atoms with Crippen molar-refractivity contribution < 1.29 is 9.63 Å². The van der Waals surface area contributed by atoms with E-state index in [0.29, 0.717) is 42.0 Å². The Morgan fingerprint density at radius 1 is 1.14 bits per heavy atom. The first kappa shape index (κ1) is 19.8. The second-order valence-corrected chi connectivity index (χ2v) is 8.19. The Labute approximate surface area is 184 Å². The molecule has 0 unspecified atom stereocenters. The Morgan fingerprint density at radius 3 is 2.55 bits per heavy atom. The van der Waals surface area contributed by atoms with E-state index >= 15 is 0 Å². The van der Waals surface area contributed by atoms with Gasteiger partial charge in [-0.2, -0.15) is 4.98 Å². The van der Waals surface area contributed by atoms with Gasteiger partial charge in [-0.15, -0.1) is 5.10 Å². The van der Waals surface area contributed by atoms with Crippen LogP contribution in [0.2, 0.25) is 15.1 Å². The van der Waals surface area contributed by atoms with Gasteiger partial charge in [0.15, 0.2) is 5.82 Å². The number of aromatic nitrogens is 3.